The quantitative estimate of drug-likeness (QED) is 0.760. The first-order valence-electron chi connectivity index (χ1n) is 10.00. The highest BCUT2D eigenvalue weighted by atomic mass is 16.5. The zero-order valence-electron chi connectivity index (χ0n) is 15.1. The van der Waals surface area contributed by atoms with Crippen molar-refractivity contribution in [2.75, 3.05) is 32.8 Å². The zero-order chi connectivity index (χ0) is 17.1. The molecule has 5 nitrogen and oxygen atoms in total. The van der Waals surface area contributed by atoms with Gasteiger partial charge in [0.2, 0.25) is 0 Å². The minimum absolute atomic E-state index is 0.0371. The number of ether oxygens (including phenoxy) is 1. The second-order valence-corrected chi connectivity index (χ2v) is 7.89. The lowest BCUT2D eigenvalue weighted by Gasteiger charge is -2.33. The fourth-order valence-electron chi connectivity index (χ4n) is 4.16. The molecule has 1 amide bonds. The average Bonchev–Trinajstić information content (AvgIpc) is 3.32. The van der Waals surface area contributed by atoms with E-state index in [2.05, 4.69) is 4.90 Å². The molecule has 0 aromatic carbocycles. The maximum absolute atomic E-state index is 13.0. The second-order valence-electron chi connectivity index (χ2n) is 7.89. The predicted molar refractivity (Wildman–Crippen MR) is 95.4 cm³/mol. The lowest BCUT2D eigenvalue weighted by Crippen LogP contribution is -2.41. The molecule has 0 bridgehead atoms. The summed E-state index contributed by atoms with van der Waals surface area (Å²) in [4.78, 5) is 17.4. The smallest absolute Gasteiger partial charge is 0.289 e. The molecule has 1 atom stereocenters. The van der Waals surface area contributed by atoms with Crippen LogP contribution in [0.2, 0.25) is 0 Å². The average molecular weight is 346 g/mol. The minimum Gasteiger partial charge on any atom is -0.455 e. The lowest BCUT2D eigenvalue weighted by atomic mass is 9.85. The van der Waals surface area contributed by atoms with E-state index in [0.717, 1.165) is 51.4 Å². The first-order chi connectivity index (χ1) is 12.3. The van der Waals surface area contributed by atoms with Crippen molar-refractivity contribution in [3.05, 3.63) is 23.7 Å². The van der Waals surface area contributed by atoms with Gasteiger partial charge in [-0.3, -0.25) is 9.69 Å². The van der Waals surface area contributed by atoms with E-state index < -0.39 is 0 Å². The van der Waals surface area contributed by atoms with Crippen molar-refractivity contribution in [2.24, 2.45) is 5.92 Å². The molecule has 1 aliphatic carbocycles. The molecular weight excluding hydrogens is 316 g/mol. The summed E-state index contributed by atoms with van der Waals surface area (Å²) >= 11 is 0. The SMILES string of the molecule is O=C(c1ccc(CN2CCCC2)o1)N(CC1CCC1)CC1CCCO1. The number of hydrogen-bond acceptors (Lipinski definition) is 4. The first kappa shape index (κ1) is 17.1. The summed E-state index contributed by atoms with van der Waals surface area (Å²) in [6.45, 7) is 5.48. The van der Waals surface area contributed by atoms with Crippen LogP contribution in [-0.4, -0.2) is 54.6 Å². The van der Waals surface area contributed by atoms with Gasteiger partial charge in [-0.2, -0.15) is 0 Å². The number of nitrogens with zero attached hydrogens (tertiary/aromatic N) is 2. The normalized spacial score (nSPS) is 24.6. The third-order valence-corrected chi connectivity index (χ3v) is 5.89. The van der Waals surface area contributed by atoms with Crippen LogP contribution in [0.15, 0.2) is 16.5 Å². The molecule has 2 saturated heterocycles. The monoisotopic (exact) mass is 346 g/mol. The van der Waals surface area contributed by atoms with Crippen LogP contribution in [0.1, 0.15) is 61.3 Å². The Labute approximate surface area is 150 Å². The largest absolute Gasteiger partial charge is 0.455 e. The summed E-state index contributed by atoms with van der Waals surface area (Å²) in [5, 5.41) is 0. The molecular formula is C20H30N2O3. The number of carbonyl (C=O) groups excluding carboxylic acids is 1. The van der Waals surface area contributed by atoms with Crippen LogP contribution in [-0.2, 0) is 11.3 Å². The van der Waals surface area contributed by atoms with Crippen LogP contribution < -0.4 is 0 Å². The van der Waals surface area contributed by atoms with Crippen LogP contribution in [0.4, 0.5) is 0 Å². The van der Waals surface area contributed by atoms with Crippen LogP contribution in [0, 0.1) is 5.92 Å². The maximum atomic E-state index is 13.0. The van der Waals surface area contributed by atoms with Gasteiger partial charge in [-0.05, 0) is 69.7 Å². The molecule has 138 valence electrons. The van der Waals surface area contributed by atoms with Gasteiger partial charge < -0.3 is 14.1 Å². The van der Waals surface area contributed by atoms with Crippen LogP contribution in [0.25, 0.3) is 0 Å². The summed E-state index contributed by atoms with van der Waals surface area (Å²) in [5.74, 6) is 2.09. The summed E-state index contributed by atoms with van der Waals surface area (Å²) < 4.78 is 11.7. The molecule has 0 spiro atoms. The number of amides is 1. The standard InChI is InChI=1S/C20H30N2O3/c23-20(19-9-8-18(25-19)14-21-10-1-2-11-21)22(13-16-5-3-6-16)15-17-7-4-12-24-17/h8-9,16-17H,1-7,10-15H2. The van der Waals surface area contributed by atoms with E-state index in [1.54, 1.807) is 0 Å². The van der Waals surface area contributed by atoms with Crippen LogP contribution >= 0.6 is 0 Å². The van der Waals surface area contributed by atoms with Gasteiger partial charge in [-0.1, -0.05) is 6.42 Å². The van der Waals surface area contributed by atoms with Crippen molar-refractivity contribution in [3.63, 3.8) is 0 Å². The summed E-state index contributed by atoms with van der Waals surface area (Å²) in [6.07, 6.45) is 8.69. The van der Waals surface area contributed by atoms with Crippen molar-refractivity contribution in [2.45, 2.75) is 57.6 Å². The first-order valence-corrected chi connectivity index (χ1v) is 10.00. The maximum Gasteiger partial charge on any atom is 0.289 e. The van der Waals surface area contributed by atoms with Gasteiger partial charge in [0.15, 0.2) is 5.76 Å². The van der Waals surface area contributed by atoms with E-state index in [9.17, 15) is 4.79 Å². The number of rotatable bonds is 7. The third-order valence-electron chi connectivity index (χ3n) is 5.89. The predicted octanol–water partition coefficient (Wildman–Crippen LogP) is 3.30. The topological polar surface area (TPSA) is 45.9 Å². The Bertz CT molecular complexity index is 569. The van der Waals surface area contributed by atoms with E-state index in [-0.39, 0.29) is 12.0 Å². The van der Waals surface area contributed by atoms with Gasteiger partial charge in [-0.25, -0.2) is 0 Å². The molecule has 1 saturated carbocycles. The molecule has 3 aliphatic rings. The molecule has 1 unspecified atom stereocenters. The fraction of sp³-hybridized carbons (Fsp3) is 0.750. The number of carbonyl (C=O) groups is 1. The van der Waals surface area contributed by atoms with Crippen molar-refractivity contribution in [1.29, 1.82) is 0 Å². The Morgan fingerprint density at radius 2 is 1.92 bits per heavy atom. The van der Waals surface area contributed by atoms with Gasteiger partial charge in [0.05, 0.1) is 12.6 Å². The molecule has 3 fully saturated rings. The second kappa shape index (κ2) is 7.92. The highest BCUT2D eigenvalue weighted by Gasteiger charge is 2.29. The highest BCUT2D eigenvalue weighted by Crippen LogP contribution is 2.28. The van der Waals surface area contributed by atoms with E-state index in [1.807, 2.05) is 17.0 Å². The molecule has 1 aromatic heterocycles. The van der Waals surface area contributed by atoms with Crippen molar-refractivity contribution in [1.82, 2.24) is 9.80 Å². The van der Waals surface area contributed by atoms with Gasteiger partial charge in [0.25, 0.3) is 5.91 Å². The fourth-order valence-corrected chi connectivity index (χ4v) is 4.16. The number of likely N-dealkylation sites (tertiary alicyclic amines) is 1. The molecule has 4 rings (SSSR count). The Hall–Kier alpha value is -1.33. The number of hydrogen-bond donors (Lipinski definition) is 0. The Morgan fingerprint density at radius 3 is 2.60 bits per heavy atom. The molecule has 0 radical (unpaired) electrons. The number of furan rings is 1. The van der Waals surface area contributed by atoms with Crippen molar-refractivity contribution < 1.29 is 13.9 Å². The molecule has 2 aliphatic heterocycles. The van der Waals surface area contributed by atoms with Crippen molar-refractivity contribution >= 4 is 5.91 Å². The minimum atomic E-state index is 0.0371. The molecule has 1 aromatic rings. The van der Waals surface area contributed by atoms with Crippen molar-refractivity contribution in [3.8, 4) is 0 Å². The molecule has 25 heavy (non-hydrogen) atoms. The van der Waals surface area contributed by atoms with Gasteiger partial charge >= 0.3 is 0 Å². The van der Waals surface area contributed by atoms with Gasteiger partial charge in [-0.15, -0.1) is 0 Å². The van der Waals surface area contributed by atoms with E-state index >= 15 is 0 Å². The van der Waals surface area contributed by atoms with Gasteiger partial charge in [0, 0.05) is 19.7 Å². The summed E-state index contributed by atoms with van der Waals surface area (Å²) in [5.41, 5.74) is 0. The Balaban J connectivity index is 1.40. The Kier molecular flexibility index (Phi) is 5.42. The van der Waals surface area contributed by atoms with E-state index in [0.29, 0.717) is 18.2 Å². The lowest BCUT2D eigenvalue weighted by molar-refractivity contribution is 0.0423. The Morgan fingerprint density at radius 1 is 1.08 bits per heavy atom. The van der Waals surface area contributed by atoms with Crippen LogP contribution in [0.3, 0.4) is 0 Å². The van der Waals surface area contributed by atoms with Crippen LogP contribution in [0.5, 0.6) is 0 Å². The molecule has 0 N–H and O–H groups in total. The third kappa shape index (κ3) is 4.26. The summed E-state index contributed by atoms with van der Waals surface area (Å²) in [7, 11) is 0. The van der Waals surface area contributed by atoms with E-state index in [4.69, 9.17) is 9.15 Å². The highest BCUT2D eigenvalue weighted by molar-refractivity contribution is 5.91. The molecule has 3 heterocycles. The molecule has 5 heteroatoms. The summed E-state index contributed by atoms with van der Waals surface area (Å²) in [6, 6.07) is 3.83. The van der Waals surface area contributed by atoms with Gasteiger partial charge in [0.1, 0.15) is 5.76 Å². The van der Waals surface area contributed by atoms with E-state index in [1.165, 1.54) is 32.1 Å². The zero-order valence-corrected chi connectivity index (χ0v) is 15.1.